The van der Waals surface area contributed by atoms with E-state index in [-0.39, 0.29) is 18.2 Å². The largest absolute Gasteiger partial charge is 0.451 e. The fourth-order valence-electron chi connectivity index (χ4n) is 3.15. The Labute approximate surface area is 161 Å². The van der Waals surface area contributed by atoms with E-state index in [0.717, 1.165) is 34.7 Å². The van der Waals surface area contributed by atoms with E-state index < -0.39 is 5.97 Å². The van der Waals surface area contributed by atoms with Crippen LogP contribution in [-0.4, -0.2) is 30.0 Å². The number of rotatable bonds is 4. The van der Waals surface area contributed by atoms with Crippen molar-refractivity contribution in [3.05, 3.63) is 71.2 Å². The molecule has 27 heavy (non-hydrogen) atoms. The molecule has 2 aromatic carbocycles. The summed E-state index contributed by atoms with van der Waals surface area (Å²) in [4.78, 5) is 30.9. The average molecular weight is 378 g/mol. The Morgan fingerprint density at radius 3 is 2.70 bits per heavy atom. The summed E-state index contributed by atoms with van der Waals surface area (Å²) in [5, 5.41) is 2.41. The van der Waals surface area contributed by atoms with Gasteiger partial charge in [-0.2, -0.15) is 0 Å². The van der Waals surface area contributed by atoms with Crippen molar-refractivity contribution in [1.29, 1.82) is 0 Å². The van der Waals surface area contributed by atoms with Crippen LogP contribution in [0, 0.1) is 0 Å². The summed E-state index contributed by atoms with van der Waals surface area (Å²) in [5.41, 5.74) is 3.23. The Kier molecular flexibility index (Phi) is 4.98. The molecule has 1 aromatic heterocycles. The molecule has 2 heterocycles. The van der Waals surface area contributed by atoms with E-state index in [1.807, 2.05) is 54.6 Å². The first kappa shape index (κ1) is 17.4. The zero-order chi connectivity index (χ0) is 18.6. The van der Waals surface area contributed by atoms with E-state index in [9.17, 15) is 9.59 Å². The second-order valence-corrected chi connectivity index (χ2v) is 7.12. The van der Waals surface area contributed by atoms with Crippen LogP contribution in [-0.2, 0) is 16.0 Å². The van der Waals surface area contributed by atoms with Crippen molar-refractivity contribution in [3.63, 3.8) is 0 Å². The molecule has 0 radical (unpaired) electrons. The van der Waals surface area contributed by atoms with Crippen molar-refractivity contribution in [2.24, 2.45) is 0 Å². The van der Waals surface area contributed by atoms with Crippen LogP contribution < -0.4 is 4.90 Å². The number of anilines is 1. The predicted molar refractivity (Wildman–Crippen MR) is 105 cm³/mol. The number of carbonyl (C=O) groups is 2. The number of ether oxygens (including phenoxy) is 1. The molecule has 1 aliphatic rings. The third-order valence-corrected chi connectivity index (χ3v) is 5.36. The summed E-state index contributed by atoms with van der Waals surface area (Å²) < 4.78 is 5.22. The number of nitrogens with zero attached hydrogens (tertiary/aromatic N) is 2. The molecule has 0 bridgehead atoms. The van der Waals surface area contributed by atoms with E-state index in [4.69, 9.17) is 4.74 Å². The Morgan fingerprint density at radius 1 is 1.07 bits per heavy atom. The summed E-state index contributed by atoms with van der Waals surface area (Å²) in [6.45, 7) is 0.355. The van der Waals surface area contributed by atoms with Gasteiger partial charge in [0.2, 0.25) is 0 Å². The van der Waals surface area contributed by atoms with Crippen molar-refractivity contribution >= 4 is 28.9 Å². The van der Waals surface area contributed by atoms with Gasteiger partial charge in [0.1, 0.15) is 5.01 Å². The number of benzene rings is 2. The molecule has 0 fully saturated rings. The monoisotopic (exact) mass is 378 g/mol. The summed E-state index contributed by atoms with van der Waals surface area (Å²) in [6.07, 6.45) is 1.87. The highest BCUT2D eigenvalue weighted by Gasteiger charge is 2.23. The Bertz CT molecular complexity index is 968. The lowest BCUT2D eigenvalue weighted by Crippen LogP contribution is -2.38. The maximum Gasteiger partial charge on any atom is 0.358 e. The first-order valence-electron chi connectivity index (χ1n) is 8.79. The topological polar surface area (TPSA) is 59.5 Å². The average Bonchev–Trinajstić information content (AvgIpc) is 3.22. The van der Waals surface area contributed by atoms with E-state index in [1.165, 1.54) is 11.3 Å². The van der Waals surface area contributed by atoms with Gasteiger partial charge in [0.05, 0.1) is 0 Å². The number of hydrogen-bond acceptors (Lipinski definition) is 5. The highest BCUT2D eigenvalue weighted by Crippen LogP contribution is 2.27. The molecule has 0 atom stereocenters. The molecule has 6 heteroatoms. The van der Waals surface area contributed by atoms with Gasteiger partial charge < -0.3 is 9.64 Å². The number of thiazole rings is 1. The maximum absolute atomic E-state index is 12.6. The first-order valence-corrected chi connectivity index (χ1v) is 9.66. The summed E-state index contributed by atoms with van der Waals surface area (Å²) in [5.74, 6) is -0.791. The molecule has 0 N–H and O–H groups in total. The van der Waals surface area contributed by atoms with Crippen molar-refractivity contribution in [2.75, 3.05) is 18.1 Å². The molecule has 1 aliphatic heterocycles. The number of para-hydroxylation sites is 1. The molecular weight excluding hydrogens is 360 g/mol. The number of esters is 1. The molecule has 136 valence electrons. The van der Waals surface area contributed by atoms with Gasteiger partial charge in [0.15, 0.2) is 12.3 Å². The summed E-state index contributed by atoms with van der Waals surface area (Å²) in [6, 6.07) is 17.5. The van der Waals surface area contributed by atoms with Crippen LogP contribution in [0.4, 0.5) is 5.69 Å². The van der Waals surface area contributed by atoms with Crippen molar-refractivity contribution in [3.8, 4) is 10.6 Å². The highest BCUT2D eigenvalue weighted by atomic mass is 32.1. The second-order valence-electron chi connectivity index (χ2n) is 6.26. The third-order valence-electron chi connectivity index (χ3n) is 4.47. The lowest BCUT2D eigenvalue weighted by molar-refractivity contribution is -0.121. The van der Waals surface area contributed by atoms with Crippen molar-refractivity contribution in [2.45, 2.75) is 12.8 Å². The zero-order valence-electron chi connectivity index (χ0n) is 14.6. The van der Waals surface area contributed by atoms with Gasteiger partial charge in [-0.15, -0.1) is 11.3 Å². The van der Waals surface area contributed by atoms with Gasteiger partial charge in [-0.25, -0.2) is 9.78 Å². The molecule has 1 amide bonds. The normalized spacial score (nSPS) is 13.1. The SMILES string of the molecule is O=C(OCC(=O)N1CCCc2ccccc21)c1csc(-c2ccccc2)n1. The van der Waals surface area contributed by atoms with Gasteiger partial charge in [-0.1, -0.05) is 48.5 Å². The number of aryl methyl sites for hydroxylation is 1. The third kappa shape index (κ3) is 3.75. The minimum atomic E-state index is -0.577. The highest BCUT2D eigenvalue weighted by molar-refractivity contribution is 7.13. The Hall–Kier alpha value is -2.99. The van der Waals surface area contributed by atoms with Crippen LogP contribution >= 0.6 is 11.3 Å². The molecular formula is C21H18N2O3S. The number of carbonyl (C=O) groups excluding carboxylic acids is 2. The van der Waals surface area contributed by atoms with Crippen LogP contribution in [0.2, 0.25) is 0 Å². The summed E-state index contributed by atoms with van der Waals surface area (Å²) in [7, 11) is 0. The van der Waals surface area contributed by atoms with Crippen LogP contribution in [0.3, 0.4) is 0 Å². The minimum Gasteiger partial charge on any atom is -0.451 e. The number of hydrogen-bond donors (Lipinski definition) is 0. The van der Waals surface area contributed by atoms with E-state index >= 15 is 0 Å². The first-order chi connectivity index (χ1) is 13.2. The standard InChI is InChI=1S/C21H18N2O3S/c24-19(23-12-6-10-15-7-4-5-11-18(15)23)13-26-21(25)17-14-27-20(22-17)16-8-2-1-3-9-16/h1-5,7-9,11,14H,6,10,12-13H2. The van der Waals surface area contributed by atoms with Gasteiger partial charge >= 0.3 is 5.97 Å². The minimum absolute atomic E-state index is 0.214. The molecule has 0 unspecified atom stereocenters. The van der Waals surface area contributed by atoms with Gasteiger partial charge in [0, 0.05) is 23.2 Å². The summed E-state index contributed by atoms with van der Waals surface area (Å²) >= 11 is 1.38. The number of amides is 1. The van der Waals surface area contributed by atoms with Crippen LogP contribution in [0.15, 0.2) is 60.0 Å². The van der Waals surface area contributed by atoms with E-state index in [0.29, 0.717) is 6.54 Å². The molecule has 0 saturated heterocycles. The Balaban J connectivity index is 1.40. The Morgan fingerprint density at radius 2 is 1.85 bits per heavy atom. The van der Waals surface area contributed by atoms with Crippen LogP contribution in [0.5, 0.6) is 0 Å². The molecule has 0 aliphatic carbocycles. The molecule has 0 saturated carbocycles. The fraction of sp³-hybridized carbons (Fsp3) is 0.190. The number of fused-ring (bicyclic) bond motifs is 1. The van der Waals surface area contributed by atoms with Crippen molar-refractivity contribution < 1.29 is 14.3 Å². The fourth-order valence-corrected chi connectivity index (χ4v) is 3.95. The predicted octanol–water partition coefficient (Wildman–Crippen LogP) is 3.95. The van der Waals surface area contributed by atoms with Crippen LogP contribution in [0.1, 0.15) is 22.5 Å². The second kappa shape index (κ2) is 7.72. The zero-order valence-corrected chi connectivity index (χ0v) is 15.4. The van der Waals surface area contributed by atoms with Gasteiger partial charge in [-0.05, 0) is 24.5 Å². The molecule has 4 rings (SSSR count). The molecule has 3 aromatic rings. The quantitative estimate of drug-likeness (QED) is 0.645. The lowest BCUT2D eigenvalue weighted by Gasteiger charge is -2.29. The smallest absolute Gasteiger partial charge is 0.358 e. The molecule has 5 nitrogen and oxygen atoms in total. The van der Waals surface area contributed by atoms with Gasteiger partial charge in [0.25, 0.3) is 5.91 Å². The van der Waals surface area contributed by atoms with E-state index in [1.54, 1.807) is 10.3 Å². The number of aromatic nitrogens is 1. The lowest BCUT2D eigenvalue weighted by atomic mass is 10.0. The van der Waals surface area contributed by atoms with Crippen LogP contribution in [0.25, 0.3) is 10.6 Å². The molecule has 0 spiro atoms. The van der Waals surface area contributed by atoms with Crippen molar-refractivity contribution in [1.82, 2.24) is 4.98 Å². The maximum atomic E-state index is 12.6. The van der Waals surface area contributed by atoms with E-state index in [2.05, 4.69) is 4.98 Å². The van der Waals surface area contributed by atoms with Gasteiger partial charge in [-0.3, -0.25) is 4.79 Å².